The summed E-state index contributed by atoms with van der Waals surface area (Å²) in [4.78, 5) is 1.02. The highest BCUT2D eigenvalue weighted by molar-refractivity contribution is 7.80. The van der Waals surface area contributed by atoms with Crippen molar-refractivity contribution in [1.82, 2.24) is 0 Å². The van der Waals surface area contributed by atoms with Crippen molar-refractivity contribution in [3.63, 3.8) is 0 Å². The third kappa shape index (κ3) is 8.72. The summed E-state index contributed by atoms with van der Waals surface area (Å²) in [6.07, 6.45) is 0. The van der Waals surface area contributed by atoms with Gasteiger partial charge in [-0.1, -0.05) is 50.2 Å². The van der Waals surface area contributed by atoms with Crippen molar-refractivity contribution in [1.29, 1.82) is 0 Å². The summed E-state index contributed by atoms with van der Waals surface area (Å²) >= 11 is 7.69. The molecule has 0 spiro atoms. The molecule has 0 aliphatic rings. The molecule has 0 aliphatic carbocycles. The van der Waals surface area contributed by atoms with E-state index in [2.05, 4.69) is 29.7 Å². The van der Waals surface area contributed by atoms with Crippen LogP contribution in [0.5, 0.6) is 5.75 Å². The van der Waals surface area contributed by atoms with Crippen LogP contribution in [0.4, 0.5) is 0 Å². The number of thiol groups is 2. The van der Waals surface area contributed by atoms with E-state index in [0.717, 1.165) is 10.6 Å². The second kappa shape index (κ2) is 11.4. The lowest BCUT2D eigenvalue weighted by Crippen LogP contribution is -1.69. The van der Waals surface area contributed by atoms with E-state index in [1.807, 2.05) is 74.5 Å². The molecule has 3 heteroatoms. The fourth-order valence-electron chi connectivity index (χ4n) is 0.909. The zero-order valence-electron chi connectivity index (χ0n) is 10.1. The number of rotatable bonds is 1. The summed E-state index contributed by atoms with van der Waals surface area (Å²) in [6, 6.07) is 19.2. The molecule has 0 bridgehead atoms. The number of para-hydroxylation sites is 1. The smallest absolute Gasteiger partial charge is 0.136 e. The predicted octanol–water partition coefficient (Wildman–Crippen LogP) is 4.91. The summed E-state index contributed by atoms with van der Waals surface area (Å²) < 4.78 is 4.61. The monoisotopic (exact) mass is 266 g/mol. The average Bonchev–Trinajstić information content (AvgIpc) is 2.43. The normalized spacial score (nSPS) is 8.00. The molecule has 92 valence electrons. The van der Waals surface area contributed by atoms with Crippen LogP contribution in [-0.4, -0.2) is 0 Å². The average molecular weight is 266 g/mol. The minimum Gasteiger partial charge on any atom is -0.429 e. The van der Waals surface area contributed by atoms with Gasteiger partial charge in [0, 0.05) is 17.8 Å². The molecular formula is C14H18OS2. The largest absolute Gasteiger partial charge is 0.429 e. The molecule has 2 aromatic carbocycles. The molecule has 17 heavy (non-hydrogen) atoms. The Morgan fingerprint density at radius 3 is 1.41 bits per heavy atom. The molecule has 0 unspecified atom stereocenters. The van der Waals surface area contributed by atoms with Crippen LogP contribution in [0.25, 0.3) is 0 Å². The molecule has 0 heterocycles. The van der Waals surface area contributed by atoms with Gasteiger partial charge in [-0.2, -0.15) is 0 Å². The van der Waals surface area contributed by atoms with Gasteiger partial charge in [0.2, 0.25) is 0 Å². The van der Waals surface area contributed by atoms with Crippen molar-refractivity contribution < 1.29 is 4.18 Å². The standard InChI is InChI=1S/C6H6OS.C6H6S.C2H6/c8-7-6-4-2-1-3-5-6;7-6-4-2-1-3-5-6;1-2/h1-5,8H;1-5,7H;1-2H3. The van der Waals surface area contributed by atoms with Crippen molar-refractivity contribution in [3.8, 4) is 5.75 Å². The Hall–Kier alpha value is -1.06. The van der Waals surface area contributed by atoms with E-state index in [0.29, 0.717) is 0 Å². The SMILES string of the molecule is CC.SOc1ccccc1.Sc1ccccc1. The van der Waals surface area contributed by atoms with E-state index in [9.17, 15) is 0 Å². The molecule has 2 aromatic rings. The fraction of sp³-hybridized carbons (Fsp3) is 0.143. The Balaban J connectivity index is 0.000000265. The fourth-order valence-corrected chi connectivity index (χ4v) is 1.20. The van der Waals surface area contributed by atoms with Gasteiger partial charge >= 0.3 is 0 Å². The first-order chi connectivity index (χ1) is 8.33. The van der Waals surface area contributed by atoms with E-state index in [1.165, 1.54) is 0 Å². The van der Waals surface area contributed by atoms with Crippen molar-refractivity contribution in [2.24, 2.45) is 0 Å². The third-order valence-electron chi connectivity index (χ3n) is 1.60. The molecule has 2 rings (SSSR count). The Bertz CT molecular complexity index is 362. The molecule has 0 saturated heterocycles. The highest BCUT2D eigenvalue weighted by Gasteiger charge is 1.81. The molecular weight excluding hydrogens is 248 g/mol. The van der Waals surface area contributed by atoms with Gasteiger partial charge in [-0.15, -0.1) is 12.6 Å². The Morgan fingerprint density at radius 1 is 0.765 bits per heavy atom. The maximum absolute atomic E-state index is 4.61. The molecule has 0 fully saturated rings. The van der Waals surface area contributed by atoms with E-state index in [4.69, 9.17) is 0 Å². The summed E-state index contributed by atoms with van der Waals surface area (Å²) in [6.45, 7) is 4.00. The molecule has 0 N–H and O–H groups in total. The number of hydrogen-bond donors (Lipinski definition) is 2. The number of hydrogen-bond acceptors (Lipinski definition) is 3. The van der Waals surface area contributed by atoms with Crippen LogP contribution >= 0.6 is 25.5 Å². The minimum absolute atomic E-state index is 0.774. The van der Waals surface area contributed by atoms with Crippen molar-refractivity contribution in [2.45, 2.75) is 18.7 Å². The van der Waals surface area contributed by atoms with Crippen LogP contribution in [-0.2, 0) is 0 Å². The molecule has 0 saturated carbocycles. The van der Waals surface area contributed by atoms with Crippen LogP contribution in [0.1, 0.15) is 13.8 Å². The quantitative estimate of drug-likeness (QED) is 0.551. The van der Waals surface area contributed by atoms with Crippen LogP contribution in [0.2, 0.25) is 0 Å². The van der Waals surface area contributed by atoms with Crippen LogP contribution in [0.15, 0.2) is 65.6 Å². The van der Waals surface area contributed by atoms with E-state index < -0.39 is 0 Å². The topological polar surface area (TPSA) is 9.23 Å². The maximum atomic E-state index is 4.61. The molecule has 0 aromatic heterocycles. The first-order valence-corrected chi connectivity index (χ1v) is 6.24. The third-order valence-corrected chi connectivity index (χ3v) is 2.11. The lowest BCUT2D eigenvalue weighted by atomic mass is 10.3. The van der Waals surface area contributed by atoms with Gasteiger partial charge in [-0.3, -0.25) is 0 Å². The van der Waals surface area contributed by atoms with Crippen molar-refractivity contribution in [3.05, 3.63) is 60.7 Å². The molecule has 1 nitrogen and oxygen atoms in total. The van der Waals surface area contributed by atoms with Gasteiger partial charge in [0.25, 0.3) is 0 Å². The van der Waals surface area contributed by atoms with Gasteiger partial charge in [0.1, 0.15) is 5.75 Å². The predicted molar refractivity (Wildman–Crippen MR) is 81.1 cm³/mol. The van der Waals surface area contributed by atoms with Crippen LogP contribution in [0.3, 0.4) is 0 Å². The Kier molecular flexibility index (Phi) is 10.7. The van der Waals surface area contributed by atoms with Gasteiger partial charge in [0.15, 0.2) is 0 Å². The van der Waals surface area contributed by atoms with E-state index in [1.54, 1.807) is 0 Å². The minimum atomic E-state index is 0.774. The maximum Gasteiger partial charge on any atom is 0.136 e. The van der Waals surface area contributed by atoms with E-state index in [-0.39, 0.29) is 0 Å². The first-order valence-electron chi connectivity index (χ1n) is 5.43. The second-order valence-corrected chi connectivity index (χ2v) is 3.44. The van der Waals surface area contributed by atoms with Gasteiger partial charge in [-0.25, -0.2) is 0 Å². The zero-order chi connectivity index (χ0) is 12.9. The molecule has 0 radical (unpaired) electrons. The summed E-state index contributed by atoms with van der Waals surface area (Å²) in [5.74, 6) is 0.774. The van der Waals surface area contributed by atoms with Gasteiger partial charge in [-0.05, 0) is 24.3 Å². The van der Waals surface area contributed by atoms with Crippen LogP contribution in [0, 0.1) is 0 Å². The van der Waals surface area contributed by atoms with Crippen molar-refractivity contribution in [2.75, 3.05) is 0 Å². The highest BCUT2D eigenvalue weighted by atomic mass is 32.1. The molecule has 0 amide bonds. The Morgan fingerprint density at radius 2 is 1.18 bits per heavy atom. The highest BCUT2D eigenvalue weighted by Crippen LogP contribution is 2.08. The second-order valence-electron chi connectivity index (χ2n) is 2.74. The lowest BCUT2D eigenvalue weighted by Gasteiger charge is -1.91. The van der Waals surface area contributed by atoms with Crippen molar-refractivity contribution >= 4 is 25.5 Å². The van der Waals surface area contributed by atoms with Gasteiger partial charge in [0.05, 0.1) is 0 Å². The Labute approximate surface area is 115 Å². The lowest BCUT2D eigenvalue weighted by molar-refractivity contribution is 0.659. The summed E-state index contributed by atoms with van der Waals surface area (Å²) in [7, 11) is 0. The first kappa shape index (κ1) is 15.9. The van der Waals surface area contributed by atoms with E-state index >= 15 is 0 Å². The molecule has 0 atom stereocenters. The zero-order valence-corrected chi connectivity index (χ0v) is 11.9. The summed E-state index contributed by atoms with van der Waals surface area (Å²) in [5, 5.41) is 0. The van der Waals surface area contributed by atoms with Crippen LogP contribution < -0.4 is 4.18 Å². The number of benzene rings is 2. The van der Waals surface area contributed by atoms with Gasteiger partial charge < -0.3 is 4.18 Å². The summed E-state index contributed by atoms with van der Waals surface area (Å²) in [5.41, 5.74) is 0. The molecule has 0 aliphatic heterocycles.